The number of anilines is 2. The molecule has 25 heavy (non-hydrogen) atoms. The highest BCUT2D eigenvalue weighted by Gasteiger charge is 2.18. The Labute approximate surface area is 149 Å². The third kappa shape index (κ3) is 4.16. The summed E-state index contributed by atoms with van der Waals surface area (Å²) in [4.78, 5) is 14.5. The number of rotatable bonds is 3. The maximum absolute atomic E-state index is 12.6. The Balaban J connectivity index is 1.73. The minimum absolute atomic E-state index is 0.0105. The van der Waals surface area contributed by atoms with Crippen LogP contribution in [0.4, 0.5) is 11.5 Å². The van der Waals surface area contributed by atoms with E-state index in [9.17, 15) is 4.79 Å². The number of aromatic nitrogens is 2. The SMILES string of the molecule is Cc1cc(C)c(Nc2ccc(C(=O)N3CCCCCC3)nn2)c(C)c1. The molecule has 2 heterocycles. The molecule has 1 aromatic carbocycles. The van der Waals surface area contributed by atoms with Gasteiger partial charge in [0.25, 0.3) is 5.91 Å². The van der Waals surface area contributed by atoms with Gasteiger partial charge in [-0.2, -0.15) is 0 Å². The van der Waals surface area contributed by atoms with Crippen molar-refractivity contribution in [1.82, 2.24) is 15.1 Å². The second-order valence-electron chi connectivity index (χ2n) is 6.91. The van der Waals surface area contributed by atoms with E-state index in [-0.39, 0.29) is 5.91 Å². The largest absolute Gasteiger partial charge is 0.338 e. The van der Waals surface area contributed by atoms with Gasteiger partial charge in [0, 0.05) is 18.8 Å². The number of likely N-dealkylation sites (tertiary alicyclic amines) is 1. The number of benzene rings is 1. The molecule has 0 saturated carbocycles. The third-order valence-corrected chi connectivity index (χ3v) is 4.71. The summed E-state index contributed by atoms with van der Waals surface area (Å²) in [6.07, 6.45) is 4.55. The summed E-state index contributed by atoms with van der Waals surface area (Å²) < 4.78 is 0. The second kappa shape index (κ2) is 7.64. The zero-order valence-corrected chi connectivity index (χ0v) is 15.3. The predicted octanol–water partition coefficient (Wildman–Crippen LogP) is 4.16. The Hall–Kier alpha value is -2.43. The number of nitrogens with one attached hydrogen (secondary N) is 1. The number of hydrogen-bond donors (Lipinski definition) is 1. The molecule has 1 N–H and O–H groups in total. The standard InChI is InChI=1S/C20H26N4O/c1-14-12-15(2)19(16(3)13-14)21-18-9-8-17(22-23-18)20(25)24-10-6-4-5-7-11-24/h8-9,12-13H,4-7,10-11H2,1-3H3,(H,21,23). The van der Waals surface area contributed by atoms with Gasteiger partial charge in [-0.25, -0.2) is 0 Å². The van der Waals surface area contributed by atoms with Crippen LogP contribution in [0.25, 0.3) is 0 Å². The monoisotopic (exact) mass is 338 g/mol. The van der Waals surface area contributed by atoms with Crippen LogP contribution in [0, 0.1) is 20.8 Å². The summed E-state index contributed by atoms with van der Waals surface area (Å²) in [5, 5.41) is 11.7. The zero-order valence-electron chi connectivity index (χ0n) is 15.3. The smallest absolute Gasteiger partial charge is 0.274 e. The van der Waals surface area contributed by atoms with E-state index in [0.717, 1.165) is 31.6 Å². The normalized spacial score (nSPS) is 14.9. The van der Waals surface area contributed by atoms with Crippen molar-refractivity contribution in [3.63, 3.8) is 0 Å². The molecule has 132 valence electrons. The van der Waals surface area contributed by atoms with Crippen LogP contribution >= 0.6 is 0 Å². The van der Waals surface area contributed by atoms with Gasteiger partial charge in [-0.05, 0) is 56.9 Å². The lowest BCUT2D eigenvalue weighted by atomic mass is 10.1. The Kier molecular flexibility index (Phi) is 5.31. The Morgan fingerprint density at radius 3 is 2.16 bits per heavy atom. The van der Waals surface area contributed by atoms with Gasteiger partial charge >= 0.3 is 0 Å². The molecule has 1 saturated heterocycles. The molecule has 5 heteroatoms. The predicted molar refractivity (Wildman–Crippen MR) is 100 cm³/mol. The van der Waals surface area contributed by atoms with E-state index in [2.05, 4.69) is 48.4 Å². The van der Waals surface area contributed by atoms with Gasteiger partial charge in [-0.1, -0.05) is 30.5 Å². The Bertz CT molecular complexity index is 724. The third-order valence-electron chi connectivity index (χ3n) is 4.71. The number of hydrogen-bond acceptors (Lipinski definition) is 4. The van der Waals surface area contributed by atoms with E-state index in [0.29, 0.717) is 11.5 Å². The molecule has 2 aromatic rings. The number of carbonyl (C=O) groups is 1. The quantitative estimate of drug-likeness (QED) is 0.913. The van der Waals surface area contributed by atoms with Crippen LogP contribution in [0.15, 0.2) is 24.3 Å². The minimum atomic E-state index is -0.0105. The fourth-order valence-corrected chi connectivity index (χ4v) is 3.45. The van der Waals surface area contributed by atoms with Gasteiger partial charge < -0.3 is 10.2 Å². The zero-order chi connectivity index (χ0) is 17.8. The maximum Gasteiger partial charge on any atom is 0.274 e. The van der Waals surface area contributed by atoms with Crippen molar-refractivity contribution in [1.29, 1.82) is 0 Å². The van der Waals surface area contributed by atoms with Crippen LogP contribution < -0.4 is 5.32 Å². The number of aryl methyl sites for hydroxylation is 3. The summed E-state index contributed by atoms with van der Waals surface area (Å²) in [5.74, 6) is 0.645. The fraction of sp³-hybridized carbons (Fsp3) is 0.450. The second-order valence-corrected chi connectivity index (χ2v) is 6.91. The van der Waals surface area contributed by atoms with Crippen molar-refractivity contribution in [2.45, 2.75) is 46.5 Å². The van der Waals surface area contributed by atoms with Crippen LogP contribution in [-0.4, -0.2) is 34.1 Å². The molecule has 0 aliphatic carbocycles. The summed E-state index contributed by atoms with van der Waals surface area (Å²) in [7, 11) is 0. The molecular formula is C20H26N4O. The molecule has 1 aliphatic rings. The topological polar surface area (TPSA) is 58.1 Å². The van der Waals surface area contributed by atoms with E-state index in [4.69, 9.17) is 0 Å². The molecular weight excluding hydrogens is 312 g/mol. The van der Waals surface area contributed by atoms with Crippen molar-refractivity contribution < 1.29 is 4.79 Å². The number of amides is 1. The van der Waals surface area contributed by atoms with Crippen molar-refractivity contribution in [3.8, 4) is 0 Å². The van der Waals surface area contributed by atoms with E-state index in [1.807, 2.05) is 11.0 Å². The highest BCUT2D eigenvalue weighted by Crippen LogP contribution is 2.25. The molecule has 0 unspecified atom stereocenters. The molecule has 1 amide bonds. The fourth-order valence-electron chi connectivity index (χ4n) is 3.45. The van der Waals surface area contributed by atoms with Gasteiger partial charge in [0.1, 0.15) is 0 Å². The average molecular weight is 338 g/mol. The van der Waals surface area contributed by atoms with Gasteiger partial charge in [0.2, 0.25) is 0 Å². The van der Waals surface area contributed by atoms with Gasteiger partial charge in [-0.3, -0.25) is 4.79 Å². The molecule has 5 nitrogen and oxygen atoms in total. The summed E-state index contributed by atoms with van der Waals surface area (Å²) in [6.45, 7) is 7.89. The van der Waals surface area contributed by atoms with E-state index in [1.54, 1.807) is 6.07 Å². The van der Waals surface area contributed by atoms with E-state index < -0.39 is 0 Å². The molecule has 3 rings (SSSR count). The van der Waals surface area contributed by atoms with Crippen molar-refractivity contribution in [2.75, 3.05) is 18.4 Å². The lowest BCUT2D eigenvalue weighted by Crippen LogP contribution is -2.32. The highest BCUT2D eigenvalue weighted by atomic mass is 16.2. The van der Waals surface area contributed by atoms with Crippen molar-refractivity contribution in [2.24, 2.45) is 0 Å². The molecule has 1 fully saturated rings. The van der Waals surface area contributed by atoms with Crippen LogP contribution in [0.5, 0.6) is 0 Å². The number of nitrogens with zero attached hydrogens (tertiary/aromatic N) is 3. The molecule has 0 atom stereocenters. The average Bonchev–Trinajstić information content (AvgIpc) is 2.87. The summed E-state index contributed by atoms with van der Waals surface area (Å²) in [5.41, 5.74) is 5.05. The van der Waals surface area contributed by atoms with Crippen molar-refractivity contribution in [3.05, 3.63) is 46.6 Å². The maximum atomic E-state index is 12.6. The van der Waals surface area contributed by atoms with Crippen LogP contribution in [0.1, 0.15) is 52.9 Å². The minimum Gasteiger partial charge on any atom is -0.338 e. The molecule has 0 bridgehead atoms. The lowest BCUT2D eigenvalue weighted by Gasteiger charge is -2.19. The first-order valence-corrected chi connectivity index (χ1v) is 9.02. The highest BCUT2D eigenvalue weighted by molar-refractivity contribution is 5.92. The van der Waals surface area contributed by atoms with Crippen LogP contribution in [0.2, 0.25) is 0 Å². The van der Waals surface area contributed by atoms with E-state index >= 15 is 0 Å². The molecule has 0 radical (unpaired) electrons. The van der Waals surface area contributed by atoms with E-state index in [1.165, 1.54) is 29.5 Å². The summed E-state index contributed by atoms with van der Waals surface area (Å²) >= 11 is 0. The molecule has 1 aliphatic heterocycles. The van der Waals surface area contributed by atoms with Gasteiger partial charge in [0.05, 0.1) is 0 Å². The molecule has 0 spiro atoms. The first-order valence-electron chi connectivity index (χ1n) is 9.02. The van der Waals surface area contributed by atoms with Crippen LogP contribution in [0.3, 0.4) is 0 Å². The van der Waals surface area contributed by atoms with Gasteiger partial charge in [-0.15, -0.1) is 10.2 Å². The lowest BCUT2D eigenvalue weighted by molar-refractivity contribution is 0.0754. The van der Waals surface area contributed by atoms with Crippen molar-refractivity contribution >= 4 is 17.4 Å². The van der Waals surface area contributed by atoms with Crippen LogP contribution in [-0.2, 0) is 0 Å². The first-order chi connectivity index (χ1) is 12.0. The van der Waals surface area contributed by atoms with Gasteiger partial charge in [0.15, 0.2) is 11.5 Å². The molecule has 1 aromatic heterocycles. The Morgan fingerprint density at radius 2 is 1.60 bits per heavy atom. The Morgan fingerprint density at radius 1 is 0.960 bits per heavy atom. The summed E-state index contributed by atoms with van der Waals surface area (Å²) in [6, 6.07) is 7.87. The first kappa shape index (κ1) is 17.4. The number of carbonyl (C=O) groups excluding carboxylic acids is 1.